The highest BCUT2D eigenvalue weighted by molar-refractivity contribution is 7.98. The van der Waals surface area contributed by atoms with Crippen LogP contribution in [0, 0.1) is 0 Å². The van der Waals surface area contributed by atoms with Gasteiger partial charge in [-0.2, -0.15) is 11.8 Å². The molecule has 0 saturated heterocycles. The standard InChI is InChI=1S/C19H17Cl2N3O2S2/c20-10-4-5-13(12(21)8-10)22-16(25)6-7-27-9-15-23-18(26)17-11-2-1-3-14(11)28-19(17)24-15/h4-5,8H,1-3,6-7,9H2,(H,22,25)(H,23,24,26). The van der Waals surface area contributed by atoms with Crippen molar-refractivity contribution in [2.75, 3.05) is 11.1 Å². The number of aromatic nitrogens is 2. The van der Waals surface area contributed by atoms with Crippen molar-refractivity contribution < 1.29 is 4.79 Å². The zero-order chi connectivity index (χ0) is 19.7. The SMILES string of the molecule is O=C(CCSCc1nc2sc3c(c2c(=O)[nH]1)CCC3)Nc1ccc(Cl)cc1Cl. The van der Waals surface area contributed by atoms with Crippen LogP contribution in [0.4, 0.5) is 5.69 Å². The molecule has 1 aliphatic rings. The Morgan fingerprint density at radius 3 is 3.00 bits per heavy atom. The number of carbonyl (C=O) groups excluding carboxylic acids is 1. The van der Waals surface area contributed by atoms with Gasteiger partial charge in [-0.15, -0.1) is 11.3 Å². The molecule has 2 N–H and O–H groups in total. The molecule has 2 heterocycles. The second kappa shape index (κ2) is 8.45. The van der Waals surface area contributed by atoms with Crippen molar-refractivity contribution in [3.8, 4) is 0 Å². The monoisotopic (exact) mass is 453 g/mol. The van der Waals surface area contributed by atoms with Crippen LogP contribution in [0.5, 0.6) is 0 Å². The third kappa shape index (κ3) is 4.22. The van der Waals surface area contributed by atoms with Crippen LogP contribution in [-0.4, -0.2) is 21.6 Å². The first-order chi connectivity index (χ1) is 13.5. The Bertz CT molecular complexity index is 1110. The molecule has 9 heteroatoms. The fourth-order valence-corrected chi connectivity index (χ4v) is 5.79. The summed E-state index contributed by atoms with van der Waals surface area (Å²) < 4.78 is 0. The molecule has 0 atom stereocenters. The summed E-state index contributed by atoms with van der Waals surface area (Å²) in [5.74, 6) is 1.70. The first-order valence-electron chi connectivity index (χ1n) is 8.87. The maximum Gasteiger partial charge on any atom is 0.259 e. The number of fused-ring (bicyclic) bond motifs is 3. The predicted octanol–water partition coefficient (Wildman–Crippen LogP) is 5.04. The summed E-state index contributed by atoms with van der Waals surface area (Å²) in [6, 6.07) is 4.94. The number of benzene rings is 1. The molecule has 1 aromatic carbocycles. The van der Waals surface area contributed by atoms with Gasteiger partial charge >= 0.3 is 0 Å². The van der Waals surface area contributed by atoms with Crippen LogP contribution in [-0.2, 0) is 23.4 Å². The summed E-state index contributed by atoms with van der Waals surface area (Å²) in [5.41, 5.74) is 1.68. The van der Waals surface area contributed by atoms with Gasteiger partial charge in [0.2, 0.25) is 5.91 Å². The lowest BCUT2D eigenvalue weighted by atomic mass is 10.2. The second-order valence-corrected chi connectivity index (χ2v) is 9.56. The number of hydrogen-bond acceptors (Lipinski definition) is 5. The highest BCUT2D eigenvalue weighted by Crippen LogP contribution is 2.34. The summed E-state index contributed by atoms with van der Waals surface area (Å²) in [4.78, 5) is 34.2. The van der Waals surface area contributed by atoms with Crippen molar-refractivity contribution in [3.05, 3.63) is 54.9 Å². The van der Waals surface area contributed by atoms with E-state index in [0.29, 0.717) is 39.5 Å². The number of aryl methyl sites for hydroxylation is 2. The van der Waals surface area contributed by atoms with Gasteiger partial charge in [0.1, 0.15) is 10.7 Å². The number of thiophene rings is 1. The zero-order valence-corrected chi connectivity index (χ0v) is 18.0. The van der Waals surface area contributed by atoms with E-state index in [4.69, 9.17) is 23.2 Å². The minimum Gasteiger partial charge on any atom is -0.325 e. The third-order valence-electron chi connectivity index (χ3n) is 4.54. The number of nitrogens with zero attached hydrogens (tertiary/aromatic N) is 1. The second-order valence-electron chi connectivity index (χ2n) is 6.53. The predicted molar refractivity (Wildman–Crippen MR) is 118 cm³/mol. The van der Waals surface area contributed by atoms with Gasteiger partial charge in [0.15, 0.2) is 0 Å². The molecule has 1 aliphatic carbocycles. The molecule has 3 aromatic rings. The van der Waals surface area contributed by atoms with Gasteiger partial charge in [-0.05, 0) is 43.0 Å². The highest BCUT2D eigenvalue weighted by atomic mass is 35.5. The number of nitrogens with one attached hydrogen (secondary N) is 2. The Balaban J connectivity index is 1.31. The van der Waals surface area contributed by atoms with Crippen LogP contribution in [0.3, 0.4) is 0 Å². The number of aromatic amines is 1. The third-order valence-corrected chi connectivity index (χ3v) is 7.25. The normalized spacial score (nSPS) is 13.1. The molecule has 5 nitrogen and oxygen atoms in total. The average molecular weight is 454 g/mol. The number of thioether (sulfide) groups is 1. The van der Waals surface area contributed by atoms with Crippen molar-refractivity contribution >= 4 is 68.1 Å². The fourth-order valence-electron chi connectivity index (χ4n) is 3.25. The van der Waals surface area contributed by atoms with Crippen molar-refractivity contribution in [3.63, 3.8) is 0 Å². The average Bonchev–Trinajstić information content (AvgIpc) is 3.22. The van der Waals surface area contributed by atoms with Crippen LogP contribution in [0.2, 0.25) is 10.0 Å². The van der Waals surface area contributed by atoms with E-state index in [9.17, 15) is 9.59 Å². The zero-order valence-electron chi connectivity index (χ0n) is 14.8. The Hall–Kier alpha value is -1.54. The first-order valence-corrected chi connectivity index (χ1v) is 11.6. The minimum absolute atomic E-state index is 0.0462. The maximum absolute atomic E-state index is 12.4. The van der Waals surface area contributed by atoms with Crippen LogP contribution in [0.1, 0.15) is 29.1 Å². The molecule has 146 valence electrons. The summed E-state index contributed by atoms with van der Waals surface area (Å²) in [7, 11) is 0. The number of halogens is 2. The largest absolute Gasteiger partial charge is 0.325 e. The molecular weight excluding hydrogens is 437 g/mol. The van der Waals surface area contributed by atoms with Crippen LogP contribution < -0.4 is 10.9 Å². The number of amides is 1. The van der Waals surface area contributed by atoms with Gasteiger partial charge in [-0.3, -0.25) is 9.59 Å². The molecule has 0 radical (unpaired) electrons. The van der Waals surface area contributed by atoms with Crippen LogP contribution in [0.25, 0.3) is 10.2 Å². The molecule has 0 fully saturated rings. The fraction of sp³-hybridized carbons (Fsp3) is 0.316. The van der Waals surface area contributed by atoms with E-state index in [1.165, 1.54) is 10.4 Å². The molecule has 0 spiro atoms. The molecule has 1 amide bonds. The van der Waals surface area contributed by atoms with E-state index >= 15 is 0 Å². The summed E-state index contributed by atoms with van der Waals surface area (Å²) >= 11 is 15.1. The number of anilines is 1. The summed E-state index contributed by atoms with van der Waals surface area (Å²) in [6.07, 6.45) is 3.48. The molecule has 0 saturated carbocycles. The number of hydrogen-bond donors (Lipinski definition) is 2. The quantitative estimate of drug-likeness (QED) is 0.512. The van der Waals surface area contributed by atoms with Gasteiger partial charge in [0.25, 0.3) is 5.56 Å². The van der Waals surface area contributed by atoms with Crippen LogP contribution >= 0.6 is 46.3 Å². The van der Waals surface area contributed by atoms with E-state index in [0.717, 1.165) is 29.5 Å². The lowest BCUT2D eigenvalue weighted by Crippen LogP contribution is -2.13. The molecule has 2 aromatic heterocycles. The molecule has 0 aliphatic heterocycles. The van der Waals surface area contributed by atoms with E-state index < -0.39 is 0 Å². The number of H-pyrrole nitrogens is 1. The topological polar surface area (TPSA) is 74.8 Å². The molecule has 28 heavy (non-hydrogen) atoms. The van der Waals surface area contributed by atoms with E-state index in [2.05, 4.69) is 15.3 Å². The number of carbonyl (C=O) groups is 1. The summed E-state index contributed by atoms with van der Waals surface area (Å²) in [6.45, 7) is 0. The van der Waals surface area contributed by atoms with Crippen molar-refractivity contribution in [1.82, 2.24) is 9.97 Å². The molecular formula is C19H17Cl2N3O2S2. The Morgan fingerprint density at radius 2 is 2.18 bits per heavy atom. The Kier molecular flexibility index (Phi) is 5.96. The van der Waals surface area contributed by atoms with Gasteiger partial charge < -0.3 is 10.3 Å². The molecule has 4 rings (SSSR count). The highest BCUT2D eigenvalue weighted by Gasteiger charge is 2.21. The smallest absolute Gasteiger partial charge is 0.259 e. The first kappa shape index (κ1) is 19.8. The molecule has 0 unspecified atom stereocenters. The van der Waals surface area contributed by atoms with E-state index in [1.54, 1.807) is 41.3 Å². The lowest BCUT2D eigenvalue weighted by molar-refractivity contribution is -0.115. The van der Waals surface area contributed by atoms with E-state index in [1.807, 2.05) is 0 Å². The van der Waals surface area contributed by atoms with Crippen molar-refractivity contribution in [2.45, 2.75) is 31.4 Å². The van der Waals surface area contributed by atoms with Gasteiger partial charge in [0.05, 0.1) is 21.8 Å². The number of rotatable bonds is 6. The maximum atomic E-state index is 12.4. The van der Waals surface area contributed by atoms with Crippen molar-refractivity contribution in [1.29, 1.82) is 0 Å². The van der Waals surface area contributed by atoms with Gasteiger partial charge in [-0.1, -0.05) is 23.2 Å². The van der Waals surface area contributed by atoms with Gasteiger partial charge in [-0.25, -0.2) is 4.98 Å². The Labute approximate surface area is 179 Å². The van der Waals surface area contributed by atoms with Gasteiger partial charge in [0, 0.05) is 22.1 Å². The van der Waals surface area contributed by atoms with E-state index in [-0.39, 0.29) is 11.5 Å². The van der Waals surface area contributed by atoms with Crippen molar-refractivity contribution in [2.24, 2.45) is 0 Å². The van der Waals surface area contributed by atoms with Crippen LogP contribution in [0.15, 0.2) is 23.0 Å². The Morgan fingerprint density at radius 1 is 1.32 bits per heavy atom. The molecule has 0 bridgehead atoms. The summed E-state index contributed by atoms with van der Waals surface area (Å²) in [5, 5.41) is 4.48. The lowest BCUT2D eigenvalue weighted by Gasteiger charge is -2.07. The minimum atomic E-state index is -0.122.